The Balaban J connectivity index is 1.36. The van der Waals surface area contributed by atoms with Gasteiger partial charge in [0, 0.05) is 29.8 Å². The van der Waals surface area contributed by atoms with Gasteiger partial charge in [0.05, 0.1) is 12.7 Å². The van der Waals surface area contributed by atoms with Gasteiger partial charge in [-0.15, -0.1) is 0 Å². The van der Waals surface area contributed by atoms with Crippen LogP contribution in [0.1, 0.15) is 16.1 Å². The summed E-state index contributed by atoms with van der Waals surface area (Å²) in [4.78, 5) is 24.3. The maximum Gasteiger partial charge on any atom is 0.315 e. The number of nitrogens with zero attached hydrogens (tertiary/aromatic N) is 1. The van der Waals surface area contributed by atoms with E-state index in [4.69, 9.17) is 9.15 Å². The first-order chi connectivity index (χ1) is 14.2. The Hall–Kier alpha value is -4.06. The molecule has 0 aliphatic rings. The summed E-state index contributed by atoms with van der Waals surface area (Å²) in [6.45, 7) is 0. The van der Waals surface area contributed by atoms with Gasteiger partial charge in [-0.1, -0.05) is 18.2 Å². The summed E-state index contributed by atoms with van der Waals surface area (Å²) < 4.78 is 12.5. The third kappa shape index (κ3) is 4.62. The number of anilines is 1. The number of aromatic nitrogens is 1. The maximum absolute atomic E-state index is 12.3. The minimum absolute atomic E-state index is 0.148. The number of rotatable bonds is 6. The highest BCUT2D eigenvalue weighted by Crippen LogP contribution is 2.19. The molecule has 2 aromatic heterocycles. The lowest BCUT2D eigenvalue weighted by Crippen LogP contribution is -2.13. The minimum atomic E-state index is -0.381. The van der Waals surface area contributed by atoms with Crippen molar-refractivity contribution in [2.45, 2.75) is 6.42 Å². The SMILES string of the molecule is O=C(Cc1ccc(-n2cccc2)cc1)Oc1cccc(NC(=O)c2ccco2)c1. The molecule has 0 aliphatic heterocycles. The second kappa shape index (κ2) is 8.31. The van der Waals surface area contributed by atoms with Gasteiger partial charge < -0.3 is 19.0 Å². The number of ether oxygens (including phenoxy) is 1. The third-order valence-corrected chi connectivity index (χ3v) is 4.26. The summed E-state index contributed by atoms with van der Waals surface area (Å²) in [7, 11) is 0. The normalized spacial score (nSPS) is 10.5. The molecule has 144 valence electrons. The third-order valence-electron chi connectivity index (χ3n) is 4.26. The second-order valence-electron chi connectivity index (χ2n) is 6.37. The van der Waals surface area contributed by atoms with Crippen LogP contribution in [0.5, 0.6) is 5.75 Å². The molecule has 6 heteroatoms. The van der Waals surface area contributed by atoms with Gasteiger partial charge in [-0.05, 0) is 54.1 Å². The van der Waals surface area contributed by atoms with Crippen LogP contribution in [-0.2, 0) is 11.2 Å². The Morgan fingerprint density at radius 2 is 1.72 bits per heavy atom. The summed E-state index contributed by atoms with van der Waals surface area (Å²) in [5, 5.41) is 2.70. The number of carbonyl (C=O) groups is 2. The molecule has 0 atom stereocenters. The van der Waals surface area contributed by atoms with Crippen molar-refractivity contribution >= 4 is 17.6 Å². The molecule has 29 heavy (non-hydrogen) atoms. The van der Waals surface area contributed by atoms with Crippen LogP contribution < -0.4 is 10.1 Å². The number of nitrogens with one attached hydrogen (secondary N) is 1. The molecule has 4 aromatic rings. The molecule has 0 saturated heterocycles. The Labute approximate surface area is 167 Å². The standard InChI is InChI=1S/C23H18N2O4/c26-22(15-17-8-10-19(11-9-17)25-12-1-2-13-25)29-20-6-3-5-18(16-20)24-23(27)21-7-4-14-28-21/h1-14,16H,15H2,(H,24,27). The van der Waals surface area contributed by atoms with Crippen molar-refractivity contribution in [3.05, 3.63) is 103 Å². The topological polar surface area (TPSA) is 73.5 Å². The molecule has 0 aliphatic carbocycles. The number of amides is 1. The minimum Gasteiger partial charge on any atom is -0.459 e. The molecule has 0 fully saturated rings. The zero-order chi connectivity index (χ0) is 20.1. The van der Waals surface area contributed by atoms with Gasteiger partial charge in [-0.3, -0.25) is 9.59 Å². The van der Waals surface area contributed by atoms with E-state index in [1.807, 2.05) is 53.4 Å². The first kappa shape index (κ1) is 18.3. The van der Waals surface area contributed by atoms with Gasteiger partial charge in [0.25, 0.3) is 5.91 Å². The quantitative estimate of drug-likeness (QED) is 0.392. The molecule has 2 aromatic carbocycles. The molecule has 0 spiro atoms. The van der Waals surface area contributed by atoms with E-state index >= 15 is 0 Å². The van der Waals surface area contributed by atoms with Crippen LogP contribution in [0.3, 0.4) is 0 Å². The number of hydrogen-bond donors (Lipinski definition) is 1. The van der Waals surface area contributed by atoms with Crippen LogP contribution in [0.4, 0.5) is 5.69 Å². The van der Waals surface area contributed by atoms with E-state index in [0.717, 1.165) is 11.3 Å². The van der Waals surface area contributed by atoms with Gasteiger partial charge >= 0.3 is 5.97 Å². The van der Waals surface area contributed by atoms with Gasteiger partial charge in [-0.25, -0.2) is 0 Å². The van der Waals surface area contributed by atoms with Gasteiger partial charge in [0.1, 0.15) is 5.75 Å². The van der Waals surface area contributed by atoms with Crippen LogP contribution in [0.15, 0.2) is 95.9 Å². The largest absolute Gasteiger partial charge is 0.459 e. The van der Waals surface area contributed by atoms with Crippen molar-refractivity contribution in [2.24, 2.45) is 0 Å². The first-order valence-corrected chi connectivity index (χ1v) is 9.05. The Kier molecular flexibility index (Phi) is 5.25. The predicted octanol–water partition coefficient (Wildman–Crippen LogP) is 4.47. The molecule has 2 heterocycles. The van der Waals surface area contributed by atoms with E-state index in [9.17, 15) is 9.59 Å². The Bertz CT molecular complexity index is 1100. The lowest BCUT2D eigenvalue weighted by atomic mass is 10.1. The van der Waals surface area contributed by atoms with E-state index in [1.54, 1.807) is 36.4 Å². The predicted molar refractivity (Wildman–Crippen MR) is 108 cm³/mol. The van der Waals surface area contributed by atoms with Crippen LogP contribution >= 0.6 is 0 Å². The van der Waals surface area contributed by atoms with Crippen molar-refractivity contribution in [1.82, 2.24) is 4.57 Å². The molecule has 0 unspecified atom stereocenters. The molecule has 0 bridgehead atoms. The van der Waals surface area contributed by atoms with Gasteiger partial charge in [0.15, 0.2) is 5.76 Å². The van der Waals surface area contributed by atoms with E-state index in [1.165, 1.54) is 6.26 Å². The summed E-state index contributed by atoms with van der Waals surface area (Å²) in [6.07, 6.45) is 5.50. The fraction of sp³-hybridized carbons (Fsp3) is 0.0435. The average Bonchev–Trinajstić information content (AvgIpc) is 3.43. The lowest BCUT2D eigenvalue weighted by Gasteiger charge is -2.08. The first-order valence-electron chi connectivity index (χ1n) is 9.05. The molecule has 4 rings (SSSR count). The van der Waals surface area contributed by atoms with E-state index in [2.05, 4.69) is 5.32 Å². The van der Waals surface area contributed by atoms with Gasteiger partial charge in [-0.2, -0.15) is 0 Å². The highest BCUT2D eigenvalue weighted by Gasteiger charge is 2.11. The summed E-state index contributed by atoms with van der Waals surface area (Å²) in [6, 6.07) is 21.5. The van der Waals surface area contributed by atoms with Gasteiger partial charge in [0.2, 0.25) is 0 Å². The zero-order valence-corrected chi connectivity index (χ0v) is 15.4. The number of hydrogen-bond acceptors (Lipinski definition) is 4. The molecule has 0 radical (unpaired) electrons. The fourth-order valence-electron chi connectivity index (χ4n) is 2.86. The molecule has 0 saturated carbocycles. The van der Waals surface area contributed by atoms with E-state index < -0.39 is 0 Å². The van der Waals surface area contributed by atoms with E-state index in [-0.39, 0.29) is 24.1 Å². The maximum atomic E-state index is 12.3. The molecule has 1 N–H and O–H groups in total. The highest BCUT2D eigenvalue weighted by atomic mass is 16.5. The van der Waals surface area contributed by atoms with Crippen molar-refractivity contribution in [3.63, 3.8) is 0 Å². The van der Waals surface area contributed by atoms with Crippen molar-refractivity contribution in [1.29, 1.82) is 0 Å². The summed E-state index contributed by atoms with van der Waals surface area (Å²) in [5.74, 6) is -0.193. The monoisotopic (exact) mass is 386 g/mol. The number of carbonyl (C=O) groups excluding carboxylic acids is 2. The molecular weight excluding hydrogens is 368 g/mol. The lowest BCUT2D eigenvalue weighted by molar-refractivity contribution is -0.133. The smallest absolute Gasteiger partial charge is 0.315 e. The second-order valence-corrected chi connectivity index (χ2v) is 6.37. The van der Waals surface area contributed by atoms with Crippen LogP contribution in [0.25, 0.3) is 5.69 Å². The van der Waals surface area contributed by atoms with Crippen LogP contribution in [0, 0.1) is 0 Å². The summed E-state index contributed by atoms with van der Waals surface area (Å²) in [5.41, 5.74) is 2.38. The average molecular weight is 386 g/mol. The van der Waals surface area contributed by atoms with E-state index in [0.29, 0.717) is 11.4 Å². The Morgan fingerprint density at radius 3 is 2.45 bits per heavy atom. The van der Waals surface area contributed by atoms with Crippen molar-refractivity contribution in [2.75, 3.05) is 5.32 Å². The Morgan fingerprint density at radius 1 is 0.931 bits per heavy atom. The molecule has 1 amide bonds. The molecular formula is C23H18N2O4. The van der Waals surface area contributed by atoms with Crippen LogP contribution in [-0.4, -0.2) is 16.4 Å². The van der Waals surface area contributed by atoms with Crippen LogP contribution in [0.2, 0.25) is 0 Å². The zero-order valence-electron chi connectivity index (χ0n) is 15.4. The van der Waals surface area contributed by atoms with Crippen molar-refractivity contribution in [3.8, 4) is 11.4 Å². The fourth-order valence-corrected chi connectivity index (χ4v) is 2.86. The summed E-state index contributed by atoms with van der Waals surface area (Å²) >= 11 is 0. The number of furan rings is 1. The molecule has 6 nitrogen and oxygen atoms in total. The van der Waals surface area contributed by atoms with Crippen molar-refractivity contribution < 1.29 is 18.7 Å². The highest BCUT2D eigenvalue weighted by molar-refractivity contribution is 6.02. The number of benzene rings is 2. The number of esters is 1.